The highest BCUT2D eigenvalue weighted by Crippen LogP contribution is 2.37. The molecule has 0 aromatic heterocycles. The third-order valence-corrected chi connectivity index (χ3v) is 5.38. The van der Waals surface area contributed by atoms with E-state index >= 15 is 0 Å². The van der Waals surface area contributed by atoms with Gasteiger partial charge in [0.25, 0.3) is 0 Å². The topological polar surface area (TPSA) is 26.0 Å². The molecule has 0 spiro atoms. The predicted octanol–water partition coefficient (Wildman–Crippen LogP) is 4.85. The molecule has 0 atom stereocenters. The number of thioether (sulfide) groups is 1. The van der Waals surface area contributed by atoms with Crippen molar-refractivity contribution in [3.8, 4) is 0 Å². The number of anilines is 1. The number of rotatable bonds is 2. The minimum atomic E-state index is 0.794. The van der Waals surface area contributed by atoms with Crippen LogP contribution in [0.25, 0.3) is 0 Å². The van der Waals surface area contributed by atoms with Crippen LogP contribution in [-0.4, -0.2) is 5.25 Å². The van der Waals surface area contributed by atoms with Gasteiger partial charge in [-0.05, 0) is 47.0 Å². The summed E-state index contributed by atoms with van der Waals surface area (Å²) in [6.45, 7) is 0. The summed E-state index contributed by atoms with van der Waals surface area (Å²) in [5, 5.41) is 0.794. The fourth-order valence-electron chi connectivity index (χ4n) is 2.15. The van der Waals surface area contributed by atoms with Crippen molar-refractivity contribution in [3.05, 3.63) is 22.7 Å². The Morgan fingerprint density at radius 2 is 1.81 bits per heavy atom. The molecule has 3 heteroatoms. The van der Waals surface area contributed by atoms with E-state index in [1.54, 1.807) is 0 Å². The Morgan fingerprint density at radius 3 is 2.44 bits per heavy atom. The molecule has 2 rings (SSSR count). The van der Waals surface area contributed by atoms with Crippen LogP contribution in [0.15, 0.2) is 27.6 Å². The molecular formula is C13H18BrNS. The van der Waals surface area contributed by atoms with E-state index in [-0.39, 0.29) is 0 Å². The first-order chi connectivity index (χ1) is 7.75. The van der Waals surface area contributed by atoms with E-state index in [4.69, 9.17) is 5.73 Å². The summed E-state index contributed by atoms with van der Waals surface area (Å²) in [5.41, 5.74) is 6.58. The quantitative estimate of drug-likeness (QED) is 0.624. The molecule has 0 aliphatic heterocycles. The standard InChI is InChI=1S/C13H18BrNS/c14-12-9-10(15)7-8-13(12)16-11-5-3-1-2-4-6-11/h7-9,11H,1-6,15H2. The van der Waals surface area contributed by atoms with Gasteiger partial charge in [-0.25, -0.2) is 0 Å². The van der Waals surface area contributed by atoms with Gasteiger partial charge in [-0.15, -0.1) is 11.8 Å². The zero-order chi connectivity index (χ0) is 11.4. The van der Waals surface area contributed by atoms with Gasteiger partial charge in [0.15, 0.2) is 0 Å². The van der Waals surface area contributed by atoms with Gasteiger partial charge in [-0.2, -0.15) is 0 Å². The van der Waals surface area contributed by atoms with Gasteiger partial charge in [0.1, 0.15) is 0 Å². The van der Waals surface area contributed by atoms with Gasteiger partial charge >= 0.3 is 0 Å². The zero-order valence-electron chi connectivity index (χ0n) is 9.42. The summed E-state index contributed by atoms with van der Waals surface area (Å²) in [6.07, 6.45) is 8.34. The second-order valence-corrected chi connectivity index (χ2v) is 6.62. The molecule has 1 aliphatic rings. The van der Waals surface area contributed by atoms with Crippen LogP contribution < -0.4 is 5.73 Å². The Labute approximate surface area is 110 Å². The summed E-state index contributed by atoms with van der Waals surface area (Å²) in [6, 6.07) is 6.12. The van der Waals surface area contributed by atoms with Crippen LogP contribution in [0, 0.1) is 0 Å². The molecule has 0 radical (unpaired) electrons. The number of halogens is 1. The zero-order valence-corrected chi connectivity index (χ0v) is 11.8. The van der Waals surface area contributed by atoms with Crippen molar-refractivity contribution in [3.63, 3.8) is 0 Å². The van der Waals surface area contributed by atoms with E-state index < -0.39 is 0 Å². The van der Waals surface area contributed by atoms with Crippen molar-refractivity contribution in [1.29, 1.82) is 0 Å². The van der Waals surface area contributed by atoms with E-state index in [9.17, 15) is 0 Å². The molecule has 2 N–H and O–H groups in total. The van der Waals surface area contributed by atoms with Gasteiger partial charge in [0, 0.05) is 20.3 Å². The lowest BCUT2D eigenvalue weighted by Crippen LogP contribution is -2.00. The van der Waals surface area contributed by atoms with Crippen molar-refractivity contribution >= 4 is 33.4 Å². The molecule has 0 saturated heterocycles. The van der Waals surface area contributed by atoms with Crippen molar-refractivity contribution in [2.75, 3.05) is 5.73 Å². The van der Waals surface area contributed by atoms with E-state index in [1.165, 1.54) is 43.4 Å². The minimum absolute atomic E-state index is 0.794. The maximum atomic E-state index is 5.75. The number of hydrogen-bond donors (Lipinski definition) is 1. The monoisotopic (exact) mass is 299 g/mol. The van der Waals surface area contributed by atoms with Crippen LogP contribution in [0.3, 0.4) is 0 Å². The third-order valence-electron chi connectivity index (χ3n) is 3.05. The number of benzene rings is 1. The van der Waals surface area contributed by atoms with Crippen LogP contribution in [0.1, 0.15) is 38.5 Å². The Hall–Kier alpha value is -0.150. The number of nitrogens with two attached hydrogens (primary N) is 1. The maximum Gasteiger partial charge on any atom is 0.0331 e. The van der Waals surface area contributed by atoms with Gasteiger partial charge in [0.05, 0.1) is 0 Å². The number of hydrogen-bond acceptors (Lipinski definition) is 2. The molecule has 0 heterocycles. The van der Waals surface area contributed by atoms with Crippen molar-refractivity contribution < 1.29 is 0 Å². The molecule has 88 valence electrons. The summed E-state index contributed by atoms with van der Waals surface area (Å²) in [4.78, 5) is 1.33. The first-order valence-electron chi connectivity index (χ1n) is 5.97. The molecule has 1 aromatic carbocycles. The minimum Gasteiger partial charge on any atom is -0.399 e. The van der Waals surface area contributed by atoms with Gasteiger partial charge in [-0.1, -0.05) is 25.7 Å². The Kier molecular flexibility index (Phi) is 4.59. The molecule has 1 aromatic rings. The van der Waals surface area contributed by atoms with Crippen LogP contribution in [0.2, 0.25) is 0 Å². The average molecular weight is 300 g/mol. The highest BCUT2D eigenvalue weighted by molar-refractivity contribution is 9.10. The molecule has 0 unspecified atom stereocenters. The third kappa shape index (κ3) is 3.42. The van der Waals surface area contributed by atoms with Crippen molar-refractivity contribution in [2.24, 2.45) is 0 Å². The van der Waals surface area contributed by atoms with E-state index in [0.29, 0.717) is 0 Å². The normalized spacial score (nSPS) is 18.3. The summed E-state index contributed by atoms with van der Waals surface area (Å²) < 4.78 is 1.14. The van der Waals surface area contributed by atoms with Crippen molar-refractivity contribution in [1.82, 2.24) is 0 Å². The van der Waals surface area contributed by atoms with Gasteiger partial charge in [-0.3, -0.25) is 0 Å². The smallest absolute Gasteiger partial charge is 0.0331 e. The lowest BCUT2D eigenvalue weighted by atomic mass is 10.2. The van der Waals surface area contributed by atoms with Crippen LogP contribution >= 0.6 is 27.7 Å². The van der Waals surface area contributed by atoms with E-state index in [1.807, 2.05) is 23.9 Å². The Morgan fingerprint density at radius 1 is 1.12 bits per heavy atom. The highest BCUT2D eigenvalue weighted by atomic mass is 79.9. The van der Waals surface area contributed by atoms with Crippen LogP contribution in [0.5, 0.6) is 0 Å². The molecular weight excluding hydrogens is 282 g/mol. The molecule has 0 bridgehead atoms. The molecule has 0 amide bonds. The lowest BCUT2D eigenvalue weighted by Gasteiger charge is -2.14. The van der Waals surface area contributed by atoms with Crippen molar-refractivity contribution in [2.45, 2.75) is 48.7 Å². The largest absolute Gasteiger partial charge is 0.399 e. The fourth-order valence-corrected chi connectivity index (χ4v) is 4.08. The first kappa shape index (κ1) is 12.3. The summed E-state index contributed by atoms with van der Waals surface area (Å²) in [5.74, 6) is 0. The van der Waals surface area contributed by atoms with E-state index in [0.717, 1.165) is 15.4 Å². The Balaban J connectivity index is 2.01. The van der Waals surface area contributed by atoms with Crippen LogP contribution in [-0.2, 0) is 0 Å². The first-order valence-corrected chi connectivity index (χ1v) is 7.64. The molecule has 1 saturated carbocycles. The lowest BCUT2D eigenvalue weighted by molar-refractivity contribution is 0.702. The van der Waals surface area contributed by atoms with Gasteiger partial charge < -0.3 is 5.73 Å². The molecule has 1 nitrogen and oxygen atoms in total. The highest BCUT2D eigenvalue weighted by Gasteiger charge is 2.14. The second kappa shape index (κ2) is 5.97. The molecule has 1 aliphatic carbocycles. The number of nitrogen functional groups attached to an aromatic ring is 1. The molecule has 16 heavy (non-hydrogen) atoms. The van der Waals surface area contributed by atoms with E-state index in [2.05, 4.69) is 22.0 Å². The molecule has 1 fully saturated rings. The Bertz CT molecular complexity index is 346. The predicted molar refractivity (Wildman–Crippen MR) is 75.9 cm³/mol. The average Bonchev–Trinajstić information content (AvgIpc) is 2.51. The maximum absolute atomic E-state index is 5.75. The van der Waals surface area contributed by atoms with Crippen LogP contribution in [0.4, 0.5) is 5.69 Å². The fraction of sp³-hybridized carbons (Fsp3) is 0.538. The second-order valence-electron chi connectivity index (χ2n) is 4.42. The van der Waals surface area contributed by atoms with Gasteiger partial charge in [0.2, 0.25) is 0 Å². The summed E-state index contributed by atoms with van der Waals surface area (Å²) in [7, 11) is 0. The summed E-state index contributed by atoms with van der Waals surface area (Å²) >= 11 is 5.60. The SMILES string of the molecule is Nc1ccc(SC2CCCCCC2)c(Br)c1.